The fourth-order valence-electron chi connectivity index (χ4n) is 3.57. The van der Waals surface area contributed by atoms with Crippen LogP contribution in [0.5, 0.6) is 0 Å². The Bertz CT molecular complexity index is 1370. The summed E-state index contributed by atoms with van der Waals surface area (Å²) in [5.74, 6) is 0. The lowest BCUT2D eigenvalue weighted by atomic mass is 9.94. The average Bonchev–Trinajstić information content (AvgIpc) is 3.22. The molecule has 2 atom stereocenters. The number of nitrogens with one attached hydrogen (secondary N) is 1. The van der Waals surface area contributed by atoms with Gasteiger partial charge in [0.2, 0.25) is 0 Å². The predicted molar refractivity (Wildman–Crippen MR) is 130 cm³/mol. The number of pyridine rings is 1. The molecule has 4 rings (SSSR count). The number of rotatable bonds is 8. The van der Waals surface area contributed by atoms with E-state index in [1.54, 1.807) is 12.1 Å². The summed E-state index contributed by atoms with van der Waals surface area (Å²) in [5.41, 5.74) is 3.68. The Labute approximate surface area is 196 Å². The first-order chi connectivity index (χ1) is 15.7. The van der Waals surface area contributed by atoms with Crippen LogP contribution in [0.25, 0.3) is 22.2 Å². The van der Waals surface area contributed by atoms with Gasteiger partial charge in [-0.15, -0.1) is 4.72 Å². The lowest BCUT2D eigenvalue weighted by molar-refractivity contribution is 0.459. The van der Waals surface area contributed by atoms with E-state index in [0.29, 0.717) is 23.4 Å². The minimum absolute atomic E-state index is 0.0134. The molecular formula is C24H25N3O4S2. The molecule has 0 aliphatic carbocycles. The van der Waals surface area contributed by atoms with Crippen molar-refractivity contribution < 1.29 is 17.5 Å². The van der Waals surface area contributed by atoms with Gasteiger partial charge in [0.25, 0.3) is 0 Å². The van der Waals surface area contributed by atoms with Crippen LogP contribution in [-0.2, 0) is 27.6 Å². The van der Waals surface area contributed by atoms with Crippen molar-refractivity contribution in [1.82, 2.24) is 14.9 Å². The Balaban J connectivity index is 1.79. The van der Waals surface area contributed by atoms with Crippen LogP contribution in [0.1, 0.15) is 31.1 Å². The summed E-state index contributed by atoms with van der Waals surface area (Å²) in [6.07, 6.45) is 1.47. The molecule has 0 bridgehead atoms. The van der Waals surface area contributed by atoms with Crippen molar-refractivity contribution in [1.29, 1.82) is 0 Å². The molecule has 0 saturated heterocycles. The largest absolute Gasteiger partial charge is 0.598 e. The number of hydrogen-bond acceptors (Lipinski definition) is 7. The smallest absolute Gasteiger partial charge is 0.192 e. The van der Waals surface area contributed by atoms with E-state index in [0.717, 1.165) is 22.8 Å². The number of benzene rings is 2. The second-order valence-corrected chi connectivity index (χ2v) is 11.8. The topological polar surface area (TPSA) is 108 Å². The molecule has 7 nitrogen and oxygen atoms in total. The Kier molecular flexibility index (Phi) is 6.85. The molecule has 9 heteroatoms. The third-order valence-corrected chi connectivity index (χ3v) is 7.59. The van der Waals surface area contributed by atoms with E-state index in [2.05, 4.69) is 14.9 Å². The Hall–Kier alpha value is -2.72. The van der Waals surface area contributed by atoms with Crippen molar-refractivity contribution >= 4 is 32.2 Å². The van der Waals surface area contributed by atoms with Crippen molar-refractivity contribution in [3.63, 3.8) is 0 Å². The Morgan fingerprint density at radius 2 is 1.76 bits per heavy atom. The molecule has 33 heavy (non-hydrogen) atoms. The van der Waals surface area contributed by atoms with Gasteiger partial charge in [0.15, 0.2) is 20.4 Å². The van der Waals surface area contributed by atoms with Crippen LogP contribution in [0.15, 0.2) is 76.3 Å². The number of nitrogens with zero attached hydrogens (tertiary/aromatic N) is 2. The third kappa shape index (κ3) is 5.27. The predicted octanol–water partition coefficient (Wildman–Crippen LogP) is 4.24. The zero-order valence-electron chi connectivity index (χ0n) is 18.6. The molecule has 0 fully saturated rings. The lowest BCUT2D eigenvalue weighted by Crippen LogP contribution is -2.35. The summed E-state index contributed by atoms with van der Waals surface area (Å²) in [5, 5.41) is 5.09. The second kappa shape index (κ2) is 9.64. The van der Waals surface area contributed by atoms with E-state index in [9.17, 15) is 13.0 Å². The second-order valence-electron chi connectivity index (χ2n) is 8.07. The van der Waals surface area contributed by atoms with E-state index in [1.165, 1.54) is 6.07 Å². The molecule has 4 aromatic rings. The van der Waals surface area contributed by atoms with Gasteiger partial charge >= 0.3 is 0 Å². The first-order valence-corrected chi connectivity index (χ1v) is 13.6. The van der Waals surface area contributed by atoms with Crippen molar-refractivity contribution in [2.24, 2.45) is 0 Å². The molecule has 0 radical (unpaired) electrons. The number of sulfone groups is 1. The highest BCUT2D eigenvalue weighted by Gasteiger charge is 2.26. The van der Waals surface area contributed by atoms with E-state index in [4.69, 9.17) is 4.52 Å². The summed E-state index contributed by atoms with van der Waals surface area (Å²) in [6.45, 7) is 3.75. The van der Waals surface area contributed by atoms with Gasteiger partial charge in [0, 0.05) is 40.7 Å². The van der Waals surface area contributed by atoms with E-state index < -0.39 is 27.2 Å². The van der Waals surface area contributed by atoms with Crippen LogP contribution >= 0.6 is 0 Å². The van der Waals surface area contributed by atoms with E-state index >= 15 is 0 Å². The molecule has 0 saturated carbocycles. The molecule has 172 valence electrons. The third-order valence-electron chi connectivity index (χ3n) is 5.23. The van der Waals surface area contributed by atoms with Crippen LogP contribution in [-0.4, -0.2) is 34.6 Å². The van der Waals surface area contributed by atoms with Gasteiger partial charge in [0.05, 0.1) is 6.04 Å². The molecule has 2 aromatic carbocycles. The summed E-state index contributed by atoms with van der Waals surface area (Å²) < 4.78 is 45.5. The van der Waals surface area contributed by atoms with Crippen LogP contribution in [0.3, 0.4) is 0 Å². The highest BCUT2D eigenvalue weighted by atomic mass is 32.2. The zero-order chi connectivity index (χ0) is 23.6. The number of aromatic nitrogens is 2. The van der Waals surface area contributed by atoms with Gasteiger partial charge in [-0.25, -0.2) is 13.4 Å². The Morgan fingerprint density at radius 1 is 1.03 bits per heavy atom. The minimum Gasteiger partial charge on any atom is -0.598 e. The number of hydrogen-bond donors (Lipinski definition) is 1. The fraction of sp³-hybridized carbons (Fsp3) is 0.250. The molecule has 2 unspecified atom stereocenters. The van der Waals surface area contributed by atoms with Crippen molar-refractivity contribution in [2.45, 2.75) is 36.6 Å². The molecule has 2 aromatic heterocycles. The number of fused-ring (bicyclic) bond motifs is 1. The standard InChI is InChI=1S/C24H25N3O4S2/c1-16(2)32(28)27-21(15-17-9-8-14-23(25-17)33(3,29)30)18-10-4-5-11-19(18)24-20-12-6-7-13-22(20)31-26-24/h4-14,16,21,27H,15H2,1-3H3. The normalized spacial score (nSPS) is 14.0. The maximum absolute atomic E-state index is 12.8. The van der Waals surface area contributed by atoms with E-state index in [-0.39, 0.29) is 10.3 Å². The van der Waals surface area contributed by atoms with Crippen LogP contribution in [0.2, 0.25) is 0 Å². The first-order valence-electron chi connectivity index (χ1n) is 10.5. The maximum atomic E-state index is 12.8. The summed E-state index contributed by atoms with van der Waals surface area (Å²) >= 11 is -1.32. The minimum atomic E-state index is -3.44. The Morgan fingerprint density at radius 3 is 2.52 bits per heavy atom. The van der Waals surface area contributed by atoms with E-state index in [1.807, 2.05) is 62.4 Å². The van der Waals surface area contributed by atoms with Crippen molar-refractivity contribution in [3.8, 4) is 11.3 Å². The molecule has 0 aliphatic rings. The summed E-state index contributed by atoms with van der Waals surface area (Å²) in [7, 11) is -3.44. The van der Waals surface area contributed by atoms with Crippen molar-refractivity contribution in [3.05, 3.63) is 78.0 Å². The molecule has 0 spiro atoms. The van der Waals surface area contributed by atoms with Crippen LogP contribution in [0.4, 0.5) is 0 Å². The lowest BCUT2D eigenvalue weighted by Gasteiger charge is -2.24. The quantitative estimate of drug-likeness (QED) is 0.373. The molecule has 2 heterocycles. The number of para-hydroxylation sites is 1. The molecule has 1 N–H and O–H groups in total. The van der Waals surface area contributed by atoms with Crippen LogP contribution < -0.4 is 4.72 Å². The highest BCUT2D eigenvalue weighted by Crippen LogP contribution is 2.34. The molecular weight excluding hydrogens is 458 g/mol. The molecule has 0 aliphatic heterocycles. The van der Waals surface area contributed by atoms with Gasteiger partial charge in [-0.05, 0) is 43.7 Å². The fourth-order valence-corrected chi connectivity index (χ4v) is 4.95. The summed E-state index contributed by atoms with van der Waals surface area (Å²) in [6, 6.07) is 19.9. The van der Waals surface area contributed by atoms with Gasteiger partial charge in [0.1, 0.15) is 10.9 Å². The van der Waals surface area contributed by atoms with Gasteiger partial charge in [-0.1, -0.05) is 47.6 Å². The molecule has 0 amide bonds. The zero-order valence-corrected chi connectivity index (χ0v) is 20.2. The maximum Gasteiger partial charge on any atom is 0.192 e. The van der Waals surface area contributed by atoms with Gasteiger partial charge in [-0.3, -0.25) is 0 Å². The average molecular weight is 484 g/mol. The first kappa shape index (κ1) is 23.4. The highest BCUT2D eigenvalue weighted by molar-refractivity contribution is 7.90. The summed E-state index contributed by atoms with van der Waals surface area (Å²) in [4.78, 5) is 4.34. The van der Waals surface area contributed by atoms with Gasteiger partial charge in [-0.2, -0.15) is 0 Å². The monoisotopic (exact) mass is 483 g/mol. The van der Waals surface area contributed by atoms with Crippen LogP contribution in [0, 0.1) is 0 Å². The SMILES string of the molecule is CC(C)[S+]([O-])NC(Cc1cccc(S(C)(=O)=O)n1)c1ccccc1-c1noc2ccccc12. The van der Waals surface area contributed by atoms with Gasteiger partial charge < -0.3 is 9.08 Å². The van der Waals surface area contributed by atoms with Crippen molar-refractivity contribution in [2.75, 3.05) is 6.26 Å².